The Morgan fingerprint density at radius 3 is 2.46 bits per heavy atom. The number of ether oxygens (including phenoxy) is 2. The number of rotatable bonds is 7. The Bertz CT molecular complexity index is 772. The Balaban J connectivity index is 1.49. The lowest BCUT2D eigenvalue weighted by Crippen LogP contribution is -2.43. The van der Waals surface area contributed by atoms with E-state index in [2.05, 4.69) is 58.6 Å². The molecule has 0 aromatic heterocycles. The number of methoxy groups -OCH3 is 2. The van der Waals surface area contributed by atoms with E-state index in [0.29, 0.717) is 5.92 Å². The molecule has 2 aromatic rings. The summed E-state index contributed by atoms with van der Waals surface area (Å²) in [5, 5.41) is 3.97. The van der Waals surface area contributed by atoms with Gasteiger partial charge in [-0.25, -0.2) is 5.43 Å². The lowest BCUT2D eigenvalue weighted by Gasteiger charge is -2.33. The molecule has 4 rings (SSSR count). The van der Waals surface area contributed by atoms with Crippen LogP contribution in [0.1, 0.15) is 42.9 Å². The summed E-state index contributed by atoms with van der Waals surface area (Å²) in [6.45, 7) is 1.92. The maximum absolute atomic E-state index is 5.41. The maximum Gasteiger partial charge on any atom is 0.119 e. The van der Waals surface area contributed by atoms with E-state index in [-0.39, 0.29) is 11.6 Å². The Morgan fingerprint density at radius 2 is 1.75 bits per heavy atom. The summed E-state index contributed by atoms with van der Waals surface area (Å²) in [7, 11) is 3.44. The molecule has 2 unspecified atom stereocenters. The molecule has 0 radical (unpaired) electrons. The zero-order chi connectivity index (χ0) is 19.4. The van der Waals surface area contributed by atoms with Crippen LogP contribution in [0.4, 0.5) is 0 Å². The van der Waals surface area contributed by atoms with Crippen molar-refractivity contribution >= 4 is 0 Å². The summed E-state index contributed by atoms with van der Waals surface area (Å²) in [5.74, 6) is 2.30. The quantitative estimate of drug-likeness (QED) is 0.685. The van der Waals surface area contributed by atoms with E-state index in [0.717, 1.165) is 24.6 Å². The van der Waals surface area contributed by atoms with E-state index >= 15 is 0 Å². The molecule has 0 spiro atoms. The van der Waals surface area contributed by atoms with Crippen molar-refractivity contribution in [2.45, 2.75) is 37.3 Å². The summed E-state index contributed by atoms with van der Waals surface area (Å²) >= 11 is 0. The molecule has 5 nitrogen and oxygen atoms in total. The molecule has 2 atom stereocenters. The van der Waals surface area contributed by atoms with Gasteiger partial charge in [-0.1, -0.05) is 37.1 Å². The summed E-state index contributed by atoms with van der Waals surface area (Å²) in [6, 6.07) is 17.2. The fourth-order valence-electron chi connectivity index (χ4n) is 4.70. The molecule has 2 fully saturated rings. The van der Waals surface area contributed by atoms with Gasteiger partial charge in [-0.05, 0) is 48.2 Å². The normalized spacial score (nSPS) is 23.6. The largest absolute Gasteiger partial charge is 0.497 e. The van der Waals surface area contributed by atoms with Crippen LogP contribution < -0.4 is 25.6 Å². The van der Waals surface area contributed by atoms with Gasteiger partial charge < -0.3 is 14.8 Å². The van der Waals surface area contributed by atoms with Gasteiger partial charge in [0, 0.05) is 24.5 Å². The Kier molecular flexibility index (Phi) is 5.85. The molecule has 1 saturated carbocycles. The second-order valence-corrected chi connectivity index (χ2v) is 7.94. The van der Waals surface area contributed by atoms with Gasteiger partial charge in [-0.15, -0.1) is 0 Å². The molecule has 0 bridgehead atoms. The summed E-state index contributed by atoms with van der Waals surface area (Å²) in [6.07, 6.45) is 4.94. The fraction of sp³-hybridized carbons (Fsp3) is 0.478. The average molecular weight is 382 g/mol. The number of hydrogen-bond acceptors (Lipinski definition) is 5. The van der Waals surface area contributed by atoms with Crippen molar-refractivity contribution in [3.63, 3.8) is 0 Å². The smallest absolute Gasteiger partial charge is 0.119 e. The molecule has 2 aliphatic rings. The van der Waals surface area contributed by atoms with Crippen LogP contribution in [0.2, 0.25) is 0 Å². The maximum atomic E-state index is 5.41. The molecule has 0 amide bonds. The van der Waals surface area contributed by atoms with Gasteiger partial charge in [0.15, 0.2) is 0 Å². The van der Waals surface area contributed by atoms with Gasteiger partial charge in [0.2, 0.25) is 0 Å². The molecule has 1 aliphatic carbocycles. The minimum atomic E-state index is 0.0772. The number of benzene rings is 2. The summed E-state index contributed by atoms with van der Waals surface area (Å²) in [5.41, 5.74) is 9.53. The predicted octanol–water partition coefficient (Wildman–Crippen LogP) is 3.53. The predicted molar refractivity (Wildman–Crippen MR) is 112 cm³/mol. The van der Waals surface area contributed by atoms with Crippen molar-refractivity contribution in [1.29, 1.82) is 0 Å². The molecule has 1 heterocycles. The van der Waals surface area contributed by atoms with Crippen LogP contribution in [0.3, 0.4) is 0 Å². The van der Waals surface area contributed by atoms with Crippen molar-refractivity contribution in [3.05, 3.63) is 59.7 Å². The first-order chi connectivity index (χ1) is 13.7. The SMILES string of the molecule is COc1ccc(C2(NCC3CNNC3c3cccc(OC)c3)CCCC2)cc1. The van der Waals surface area contributed by atoms with E-state index in [1.807, 2.05) is 6.07 Å². The number of hydrazine groups is 1. The van der Waals surface area contributed by atoms with Gasteiger partial charge >= 0.3 is 0 Å². The molecule has 2 aromatic carbocycles. The highest BCUT2D eigenvalue weighted by Gasteiger charge is 2.37. The van der Waals surface area contributed by atoms with E-state index in [1.165, 1.54) is 36.8 Å². The first-order valence-electron chi connectivity index (χ1n) is 10.3. The van der Waals surface area contributed by atoms with Crippen LogP contribution in [0.25, 0.3) is 0 Å². The molecular formula is C23H31N3O2. The molecular weight excluding hydrogens is 350 g/mol. The Hall–Kier alpha value is -2.08. The van der Waals surface area contributed by atoms with Crippen LogP contribution in [0.15, 0.2) is 48.5 Å². The molecule has 3 N–H and O–H groups in total. The highest BCUT2D eigenvalue weighted by Crippen LogP contribution is 2.40. The highest BCUT2D eigenvalue weighted by atomic mass is 16.5. The van der Waals surface area contributed by atoms with E-state index in [1.54, 1.807) is 14.2 Å². The van der Waals surface area contributed by atoms with E-state index in [4.69, 9.17) is 9.47 Å². The van der Waals surface area contributed by atoms with Crippen LogP contribution >= 0.6 is 0 Å². The van der Waals surface area contributed by atoms with Gasteiger partial charge in [-0.3, -0.25) is 5.43 Å². The van der Waals surface area contributed by atoms with Crippen LogP contribution in [0.5, 0.6) is 11.5 Å². The molecule has 28 heavy (non-hydrogen) atoms. The first kappa shape index (κ1) is 19.2. The zero-order valence-corrected chi connectivity index (χ0v) is 16.8. The first-order valence-corrected chi connectivity index (χ1v) is 10.3. The third kappa shape index (κ3) is 3.88. The summed E-state index contributed by atoms with van der Waals surface area (Å²) in [4.78, 5) is 0. The van der Waals surface area contributed by atoms with Crippen LogP contribution in [0, 0.1) is 5.92 Å². The van der Waals surface area contributed by atoms with Gasteiger partial charge in [0.1, 0.15) is 11.5 Å². The van der Waals surface area contributed by atoms with Crippen molar-refractivity contribution in [3.8, 4) is 11.5 Å². The third-order valence-corrected chi connectivity index (χ3v) is 6.35. The Morgan fingerprint density at radius 1 is 1.00 bits per heavy atom. The lowest BCUT2D eigenvalue weighted by atomic mass is 9.86. The van der Waals surface area contributed by atoms with Crippen molar-refractivity contribution in [1.82, 2.24) is 16.2 Å². The molecule has 1 aliphatic heterocycles. The topological polar surface area (TPSA) is 54.5 Å². The van der Waals surface area contributed by atoms with E-state index < -0.39 is 0 Å². The monoisotopic (exact) mass is 381 g/mol. The number of nitrogens with one attached hydrogen (secondary N) is 3. The molecule has 1 saturated heterocycles. The second-order valence-electron chi connectivity index (χ2n) is 7.94. The fourth-order valence-corrected chi connectivity index (χ4v) is 4.70. The van der Waals surface area contributed by atoms with Gasteiger partial charge in [0.05, 0.1) is 20.3 Å². The third-order valence-electron chi connectivity index (χ3n) is 6.35. The lowest BCUT2D eigenvalue weighted by molar-refractivity contribution is 0.303. The van der Waals surface area contributed by atoms with Crippen molar-refractivity contribution < 1.29 is 9.47 Å². The van der Waals surface area contributed by atoms with Gasteiger partial charge in [0.25, 0.3) is 0 Å². The molecule has 150 valence electrons. The highest BCUT2D eigenvalue weighted by molar-refractivity contribution is 5.33. The Labute approximate surface area is 167 Å². The minimum Gasteiger partial charge on any atom is -0.497 e. The van der Waals surface area contributed by atoms with Crippen molar-refractivity contribution in [2.75, 3.05) is 27.3 Å². The minimum absolute atomic E-state index is 0.0772. The van der Waals surface area contributed by atoms with Crippen molar-refractivity contribution in [2.24, 2.45) is 5.92 Å². The van der Waals surface area contributed by atoms with Crippen LogP contribution in [-0.4, -0.2) is 27.3 Å². The van der Waals surface area contributed by atoms with Gasteiger partial charge in [-0.2, -0.15) is 0 Å². The molecule has 5 heteroatoms. The standard InChI is InChI=1S/C23H31N3O2/c1-27-20-10-8-19(9-11-20)23(12-3-4-13-23)24-15-18-16-25-26-22(18)17-6-5-7-21(14-17)28-2/h5-11,14,18,22,24-26H,3-4,12-13,15-16H2,1-2H3. The second kappa shape index (κ2) is 8.52. The summed E-state index contributed by atoms with van der Waals surface area (Å²) < 4.78 is 10.8. The van der Waals surface area contributed by atoms with Crippen LogP contribution in [-0.2, 0) is 5.54 Å². The van der Waals surface area contributed by atoms with E-state index in [9.17, 15) is 0 Å². The average Bonchev–Trinajstić information content (AvgIpc) is 3.42. The zero-order valence-electron chi connectivity index (χ0n) is 16.8. The number of hydrogen-bond donors (Lipinski definition) is 3.